The topological polar surface area (TPSA) is 26.3 Å². The highest BCUT2D eigenvalue weighted by Gasteiger charge is 2.41. The maximum absolute atomic E-state index is 14.4. The molecule has 46 heavy (non-hydrogen) atoms. The number of alkyl halides is 9. The van der Waals surface area contributed by atoms with Gasteiger partial charge in [-0.15, -0.1) is 0 Å². The molecule has 6 aromatic carbocycles. The smallest absolute Gasteiger partial charge is 0.417 e. The van der Waals surface area contributed by atoms with Gasteiger partial charge in [-0.1, -0.05) is 42.5 Å². The lowest BCUT2D eigenvalue weighted by atomic mass is 9.83. The summed E-state index contributed by atoms with van der Waals surface area (Å²) < 4.78 is 133. The molecular formula is C35H23F9O2. The molecule has 0 bridgehead atoms. The Hall–Kier alpha value is -4.54. The van der Waals surface area contributed by atoms with Crippen molar-refractivity contribution in [3.8, 4) is 5.75 Å². The minimum Gasteiger partial charge on any atom is -0.426 e. The number of fused-ring (bicyclic) bond motifs is 2. The molecule has 0 radical (unpaired) electrons. The number of hydrogen-bond acceptors (Lipinski definition) is 2. The van der Waals surface area contributed by atoms with E-state index in [1.165, 1.54) is 12.1 Å². The second-order valence-electron chi connectivity index (χ2n) is 11.3. The largest absolute Gasteiger partial charge is 0.426 e. The van der Waals surface area contributed by atoms with Crippen LogP contribution in [0.3, 0.4) is 0 Å². The van der Waals surface area contributed by atoms with Crippen LogP contribution >= 0.6 is 0 Å². The van der Waals surface area contributed by atoms with E-state index in [9.17, 15) is 44.3 Å². The fourth-order valence-corrected chi connectivity index (χ4v) is 6.31. The zero-order valence-electron chi connectivity index (χ0n) is 24.2. The Morgan fingerprint density at radius 3 is 1.54 bits per heavy atom. The van der Waals surface area contributed by atoms with Gasteiger partial charge in [-0.2, -0.15) is 39.5 Å². The van der Waals surface area contributed by atoms with Crippen molar-refractivity contribution in [2.75, 3.05) is 0 Å². The van der Waals surface area contributed by atoms with Crippen molar-refractivity contribution >= 4 is 49.1 Å². The number of hydrogen-bond donors (Lipinski definition) is 0. The normalized spacial score (nSPS) is 13.0. The summed E-state index contributed by atoms with van der Waals surface area (Å²) in [6.45, 7) is 3.64. The summed E-state index contributed by atoms with van der Waals surface area (Å²) in [6, 6.07) is 13.0. The van der Waals surface area contributed by atoms with E-state index in [2.05, 4.69) is 0 Å². The fourth-order valence-electron chi connectivity index (χ4n) is 6.31. The van der Waals surface area contributed by atoms with E-state index in [1.807, 2.05) is 13.0 Å². The number of carbonyl (C=O) groups excluding carboxylic acids is 1. The van der Waals surface area contributed by atoms with Crippen molar-refractivity contribution in [1.82, 2.24) is 0 Å². The lowest BCUT2D eigenvalue weighted by Crippen LogP contribution is -2.12. The molecule has 0 heterocycles. The highest BCUT2D eigenvalue weighted by atomic mass is 19.4. The summed E-state index contributed by atoms with van der Waals surface area (Å²) in [4.78, 5) is 12.6. The van der Waals surface area contributed by atoms with Gasteiger partial charge in [0, 0.05) is 11.8 Å². The Bertz CT molecular complexity index is 2090. The van der Waals surface area contributed by atoms with Gasteiger partial charge in [-0.05, 0) is 105 Å². The number of ether oxygens (including phenoxy) is 1. The Morgan fingerprint density at radius 2 is 1.04 bits per heavy atom. The Morgan fingerprint density at radius 1 is 0.587 bits per heavy atom. The molecule has 0 atom stereocenters. The van der Waals surface area contributed by atoms with Crippen molar-refractivity contribution in [3.05, 3.63) is 100 Å². The van der Waals surface area contributed by atoms with Crippen LogP contribution in [0.15, 0.2) is 66.7 Å². The Kier molecular flexibility index (Phi) is 7.37. The lowest BCUT2D eigenvalue weighted by molar-refractivity contribution is -0.140. The van der Waals surface area contributed by atoms with E-state index < -0.39 is 46.6 Å². The number of halogens is 9. The van der Waals surface area contributed by atoms with Crippen LogP contribution in [0.25, 0.3) is 43.1 Å². The van der Waals surface area contributed by atoms with Gasteiger partial charge in [0.25, 0.3) is 0 Å². The standard InChI is InChI=1S/C35H23F9O2/c1-17-5-3-7-27(18(17)2)46-28(45)8-4-6-19-9-10-20-22-12-15-25(34(39,40)41)32-26(35(42,43)44)16-13-23(31(22)32)21-11-14-24(33(36,37)38)29(19)30(20)21/h3,5,7,9-16H,4,6,8H2,1-2H3. The average Bonchev–Trinajstić information content (AvgIpc) is 2.96. The third kappa shape index (κ3) is 5.25. The molecule has 0 aliphatic carbocycles. The number of carbonyl (C=O) groups is 1. The average molecular weight is 647 g/mol. The van der Waals surface area contributed by atoms with Crippen LogP contribution < -0.4 is 4.74 Å². The van der Waals surface area contributed by atoms with Gasteiger partial charge >= 0.3 is 24.5 Å². The number of rotatable bonds is 5. The van der Waals surface area contributed by atoms with Crippen molar-refractivity contribution in [1.29, 1.82) is 0 Å². The minimum absolute atomic E-state index is 0.0213. The van der Waals surface area contributed by atoms with Gasteiger partial charge in [0.2, 0.25) is 0 Å². The quantitative estimate of drug-likeness (QED) is 0.0613. The van der Waals surface area contributed by atoms with Crippen LogP contribution in [-0.4, -0.2) is 5.97 Å². The van der Waals surface area contributed by atoms with E-state index in [0.29, 0.717) is 17.9 Å². The lowest BCUT2D eigenvalue weighted by Gasteiger charge is -2.23. The van der Waals surface area contributed by atoms with Crippen molar-refractivity contribution in [3.63, 3.8) is 0 Å². The van der Waals surface area contributed by atoms with Crippen molar-refractivity contribution in [2.45, 2.75) is 51.6 Å². The van der Waals surface area contributed by atoms with Crippen molar-refractivity contribution < 1.29 is 49.0 Å². The van der Waals surface area contributed by atoms with Crippen LogP contribution in [0.2, 0.25) is 0 Å². The van der Waals surface area contributed by atoms with Crippen LogP contribution in [0.4, 0.5) is 39.5 Å². The van der Waals surface area contributed by atoms with Crippen LogP contribution in [0.1, 0.15) is 46.2 Å². The van der Waals surface area contributed by atoms with E-state index in [-0.39, 0.29) is 62.5 Å². The summed E-state index contributed by atoms with van der Waals surface area (Å²) in [6.07, 6.45) is -15.1. The molecule has 0 spiro atoms. The molecule has 0 saturated heterocycles. The van der Waals surface area contributed by atoms with Crippen LogP contribution in [0.5, 0.6) is 5.75 Å². The zero-order chi connectivity index (χ0) is 33.3. The number of benzene rings is 6. The predicted molar refractivity (Wildman–Crippen MR) is 157 cm³/mol. The number of esters is 1. The first-order chi connectivity index (χ1) is 21.5. The van der Waals surface area contributed by atoms with Gasteiger partial charge in [-0.3, -0.25) is 4.79 Å². The van der Waals surface area contributed by atoms with Gasteiger partial charge in [-0.25, -0.2) is 0 Å². The molecule has 0 unspecified atom stereocenters. The van der Waals surface area contributed by atoms with E-state index in [0.717, 1.165) is 35.4 Å². The zero-order valence-corrected chi connectivity index (χ0v) is 24.2. The first kappa shape index (κ1) is 31.4. The summed E-state index contributed by atoms with van der Waals surface area (Å²) >= 11 is 0. The van der Waals surface area contributed by atoms with E-state index in [4.69, 9.17) is 4.74 Å². The van der Waals surface area contributed by atoms with Crippen LogP contribution in [-0.2, 0) is 29.7 Å². The van der Waals surface area contributed by atoms with Crippen LogP contribution in [0, 0.1) is 13.8 Å². The molecule has 6 aromatic rings. The molecule has 11 heteroatoms. The Balaban J connectivity index is 1.53. The minimum atomic E-state index is -5.13. The molecule has 0 N–H and O–H groups in total. The molecule has 0 amide bonds. The molecule has 0 aliphatic heterocycles. The highest BCUT2D eigenvalue weighted by Crippen LogP contribution is 2.50. The third-order valence-electron chi connectivity index (χ3n) is 8.51. The maximum atomic E-state index is 14.4. The molecule has 6 rings (SSSR count). The summed E-state index contributed by atoms with van der Waals surface area (Å²) in [5, 5.41) is -1.45. The Labute approximate surface area is 255 Å². The molecular weight excluding hydrogens is 623 g/mol. The molecule has 0 fully saturated rings. The molecule has 0 aromatic heterocycles. The first-order valence-corrected chi connectivity index (χ1v) is 14.2. The highest BCUT2D eigenvalue weighted by molar-refractivity contribution is 6.34. The molecule has 0 saturated carbocycles. The molecule has 238 valence electrons. The number of aryl methyl sites for hydroxylation is 2. The summed E-state index contributed by atoms with van der Waals surface area (Å²) in [5.74, 6) is -0.199. The monoisotopic (exact) mass is 646 g/mol. The molecule has 0 aliphatic rings. The fraction of sp³-hybridized carbons (Fsp3) is 0.229. The third-order valence-corrected chi connectivity index (χ3v) is 8.51. The van der Waals surface area contributed by atoms with Gasteiger partial charge in [0.1, 0.15) is 5.75 Å². The van der Waals surface area contributed by atoms with Gasteiger partial charge < -0.3 is 4.74 Å². The maximum Gasteiger partial charge on any atom is 0.417 e. The second-order valence-corrected chi connectivity index (χ2v) is 11.3. The summed E-state index contributed by atoms with van der Waals surface area (Å²) in [7, 11) is 0. The van der Waals surface area contributed by atoms with Gasteiger partial charge in [0.05, 0.1) is 16.7 Å². The second kappa shape index (κ2) is 10.8. The van der Waals surface area contributed by atoms with Crippen molar-refractivity contribution in [2.24, 2.45) is 0 Å². The van der Waals surface area contributed by atoms with Gasteiger partial charge in [0.15, 0.2) is 0 Å². The van der Waals surface area contributed by atoms with E-state index in [1.54, 1.807) is 19.1 Å². The van der Waals surface area contributed by atoms with E-state index >= 15 is 0 Å². The SMILES string of the molecule is Cc1cccc(OC(=O)CCCc2ccc3c4ccc(C(F)(F)F)c5c(C(F)(F)F)ccc(c6ccc(C(F)(F)F)c2c36)c54)c1C. The predicted octanol–water partition coefficient (Wildman–Crippen LogP) is 11.3. The molecule has 2 nitrogen and oxygen atoms in total. The first-order valence-electron chi connectivity index (χ1n) is 14.2. The summed E-state index contributed by atoms with van der Waals surface area (Å²) in [5.41, 5.74) is -2.07.